The van der Waals surface area contributed by atoms with E-state index >= 15 is 0 Å². The van der Waals surface area contributed by atoms with E-state index < -0.39 is 0 Å². The van der Waals surface area contributed by atoms with Crippen LogP contribution in [0.3, 0.4) is 0 Å². The Bertz CT molecular complexity index is 739. The third-order valence-electron chi connectivity index (χ3n) is 4.29. The largest absolute Gasteiger partial charge is 0.342 e. The summed E-state index contributed by atoms with van der Waals surface area (Å²) in [4.78, 5) is 19.3. The molecule has 0 unspecified atom stereocenters. The zero-order chi connectivity index (χ0) is 16.6. The summed E-state index contributed by atoms with van der Waals surface area (Å²) >= 11 is 0. The molecule has 0 fully saturated rings. The fourth-order valence-corrected chi connectivity index (χ4v) is 2.99. The molecule has 0 bridgehead atoms. The number of carbonyl (C=O) groups is 1. The Balaban J connectivity index is 2.17. The number of likely N-dealkylation sites (N-methyl/N-ethyl adjacent to an activating group) is 1. The van der Waals surface area contributed by atoms with Crippen molar-refractivity contribution in [1.29, 1.82) is 0 Å². The molecule has 0 aliphatic carbocycles. The van der Waals surface area contributed by atoms with Crippen LogP contribution in [0.25, 0.3) is 0 Å². The second kappa shape index (κ2) is 6.05. The van der Waals surface area contributed by atoms with Gasteiger partial charge in [0.15, 0.2) is 0 Å². The van der Waals surface area contributed by atoms with Gasteiger partial charge in [-0.3, -0.25) is 4.79 Å². The van der Waals surface area contributed by atoms with E-state index in [1.165, 1.54) is 0 Å². The molecule has 120 valence electrons. The van der Waals surface area contributed by atoms with Crippen LogP contribution in [-0.4, -0.2) is 45.0 Å². The zero-order valence-corrected chi connectivity index (χ0v) is 14.2. The molecular formula is C19H23N3O. The van der Waals surface area contributed by atoms with Gasteiger partial charge in [0.05, 0.1) is 22.6 Å². The molecule has 4 nitrogen and oxygen atoms in total. The molecule has 2 aromatic rings. The number of amides is 1. The summed E-state index contributed by atoms with van der Waals surface area (Å²) < 4.78 is 0. The summed E-state index contributed by atoms with van der Waals surface area (Å²) in [6.07, 6.45) is 0. The molecule has 0 atom stereocenters. The number of fused-ring (bicyclic) bond motifs is 2. The number of carbonyl (C=O) groups excluding carboxylic acids is 1. The standard InChI is InChI=1S/C19H23N3O/c1-14-9-10-17-18(13-14)22(12-11-20(2)3)19(23)15-7-5-6-8-16(15)21(17)4/h5-10,13H,11-12H2,1-4H3. The number of hydrogen-bond acceptors (Lipinski definition) is 3. The summed E-state index contributed by atoms with van der Waals surface area (Å²) in [6.45, 7) is 3.56. The Morgan fingerprint density at radius 3 is 2.48 bits per heavy atom. The minimum Gasteiger partial charge on any atom is -0.342 e. The van der Waals surface area contributed by atoms with Crippen LogP contribution in [-0.2, 0) is 0 Å². The lowest BCUT2D eigenvalue weighted by Gasteiger charge is -2.26. The topological polar surface area (TPSA) is 26.8 Å². The van der Waals surface area contributed by atoms with E-state index in [1.807, 2.05) is 50.3 Å². The number of para-hydroxylation sites is 1. The highest BCUT2D eigenvalue weighted by Crippen LogP contribution is 2.39. The Morgan fingerprint density at radius 1 is 1.00 bits per heavy atom. The first-order chi connectivity index (χ1) is 11.0. The van der Waals surface area contributed by atoms with Crippen LogP contribution in [0.1, 0.15) is 15.9 Å². The zero-order valence-electron chi connectivity index (χ0n) is 14.2. The summed E-state index contributed by atoms with van der Waals surface area (Å²) in [5.74, 6) is 0.0682. The van der Waals surface area contributed by atoms with E-state index in [9.17, 15) is 4.79 Å². The van der Waals surface area contributed by atoms with Gasteiger partial charge >= 0.3 is 0 Å². The first kappa shape index (κ1) is 15.6. The van der Waals surface area contributed by atoms with Crippen molar-refractivity contribution in [2.45, 2.75) is 6.92 Å². The number of nitrogens with zero attached hydrogens (tertiary/aromatic N) is 3. The number of hydrogen-bond donors (Lipinski definition) is 0. The molecular weight excluding hydrogens is 286 g/mol. The minimum absolute atomic E-state index is 0.0682. The van der Waals surface area contributed by atoms with Crippen molar-refractivity contribution in [1.82, 2.24) is 4.90 Å². The smallest absolute Gasteiger partial charge is 0.260 e. The van der Waals surface area contributed by atoms with Crippen molar-refractivity contribution in [3.05, 3.63) is 53.6 Å². The Morgan fingerprint density at radius 2 is 1.74 bits per heavy atom. The molecule has 0 saturated carbocycles. The van der Waals surface area contributed by atoms with E-state index in [-0.39, 0.29) is 5.91 Å². The van der Waals surface area contributed by atoms with Gasteiger partial charge in [0, 0.05) is 20.1 Å². The van der Waals surface area contributed by atoms with Crippen molar-refractivity contribution in [2.75, 3.05) is 44.0 Å². The van der Waals surface area contributed by atoms with Gasteiger partial charge in [-0.25, -0.2) is 0 Å². The molecule has 3 rings (SSSR count). The monoisotopic (exact) mass is 309 g/mol. The number of aryl methyl sites for hydroxylation is 1. The molecule has 1 amide bonds. The highest BCUT2D eigenvalue weighted by molar-refractivity contribution is 6.13. The van der Waals surface area contributed by atoms with Crippen LogP contribution in [0.4, 0.5) is 17.1 Å². The van der Waals surface area contributed by atoms with Gasteiger partial charge in [-0.05, 0) is 50.8 Å². The van der Waals surface area contributed by atoms with E-state index in [4.69, 9.17) is 0 Å². The molecule has 0 radical (unpaired) electrons. The maximum atomic E-state index is 13.1. The predicted molar refractivity (Wildman–Crippen MR) is 95.9 cm³/mol. The van der Waals surface area contributed by atoms with Gasteiger partial charge in [0.1, 0.15) is 0 Å². The molecule has 0 saturated heterocycles. The minimum atomic E-state index is 0.0682. The quantitative estimate of drug-likeness (QED) is 0.870. The number of anilines is 3. The lowest BCUT2D eigenvalue weighted by Crippen LogP contribution is -2.36. The SMILES string of the molecule is Cc1ccc2c(c1)N(CCN(C)C)C(=O)c1ccccc1N2C. The molecule has 0 N–H and O–H groups in total. The lowest BCUT2D eigenvalue weighted by molar-refractivity contribution is 0.0986. The molecule has 1 heterocycles. The van der Waals surface area contributed by atoms with Crippen molar-refractivity contribution in [2.24, 2.45) is 0 Å². The van der Waals surface area contributed by atoms with Gasteiger partial charge in [0.2, 0.25) is 0 Å². The van der Waals surface area contributed by atoms with Crippen molar-refractivity contribution in [3.63, 3.8) is 0 Å². The van der Waals surface area contributed by atoms with Gasteiger partial charge in [-0.1, -0.05) is 18.2 Å². The van der Waals surface area contributed by atoms with Crippen LogP contribution in [0.15, 0.2) is 42.5 Å². The number of rotatable bonds is 3. The molecule has 1 aliphatic rings. The maximum absolute atomic E-state index is 13.1. The molecule has 2 aromatic carbocycles. The summed E-state index contributed by atoms with van der Waals surface area (Å²) in [5, 5.41) is 0. The average Bonchev–Trinajstić information content (AvgIpc) is 2.61. The van der Waals surface area contributed by atoms with E-state index in [0.717, 1.165) is 34.7 Å². The van der Waals surface area contributed by atoms with Crippen molar-refractivity contribution < 1.29 is 4.79 Å². The van der Waals surface area contributed by atoms with E-state index in [1.54, 1.807) is 0 Å². The Kier molecular flexibility index (Phi) is 4.09. The summed E-state index contributed by atoms with van der Waals surface area (Å²) in [6, 6.07) is 14.1. The van der Waals surface area contributed by atoms with Crippen molar-refractivity contribution in [3.8, 4) is 0 Å². The third-order valence-corrected chi connectivity index (χ3v) is 4.29. The normalized spacial score (nSPS) is 13.9. The van der Waals surface area contributed by atoms with Gasteiger partial charge in [-0.15, -0.1) is 0 Å². The van der Waals surface area contributed by atoms with Crippen molar-refractivity contribution >= 4 is 23.0 Å². The van der Waals surface area contributed by atoms with E-state index in [2.05, 4.69) is 34.9 Å². The van der Waals surface area contributed by atoms with E-state index in [0.29, 0.717) is 6.54 Å². The highest BCUT2D eigenvalue weighted by Gasteiger charge is 2.29. The van der Waals surface area contributed by atoms with Crippen LogP contribution in [0.2, 0.25) is 0 Å². The highest BCUT2D eigenvalue weighted by atomic mass is 16.2. The first-order valence-corrected chi connectivity index (χ1v) is 7.89. The average molecular weight is 309 g/mol. The summed E-state index contributed by atoms with van der Waals surface area (Å²) in [7, 11) is 6.08. The van der Waals surface area contributed by atoms with Crippen LogP contribution in [0.5, 0.6) is 0 Å². The van der Waals surface area contributed by atoms with Gasteiger partial charge in [0.25, 0.3) is 5.91 Å². The molecule has 0 spiro atoms. The fourth-order valence-electron chi connectivity index (χ4n) is 2.99. The second-order valence-electron chi connectivity index (χ2n) is 6.33. The van der Waals surface area contributed by atoms with Gasteiger partial charge < -0.3 is 14.7 Å². The molecule has 23 heavy (non-hydrogen) atoms. The maximum Gasteiger partial charge on any atom is 0.260 e. The van der Waals surface area contributed by atoms with Crippen LogP contribution >= 0.6 is 0 Å². The molecule has 0 aromatic heterocycles. The predicted octanol–water partition coefficient (Wildman–Crippen LogP) is 3.28. The first-order valence-electron chi connectivity index (χ1n) is 7.89. The number of benzene rings is 2. The van der Waals surface area contributed by atoms with Gasteiger partial charge in [-0.2, -0.15) is 0 Å². The molecule has 1 aliphatic heterocycles. The van der Waals surface area contributed by atoms with Crippen LogP contribution in [0, 0.1) is 6.92 Å². The Hall–Kier alpha value is -2.33. The lowest BCUT2D eigenvalue weighted by atomic mass is 10.1. The molecule has 4 heteroatoms. The second-order valence-corrected chi connectivity index (χ2v) is 6.33. The third kappa shape index (κ3) is 2.82. The summed E-state index contributed by atoms with van der Waals surface area (Å²) in [5.41, 5.74) is 4.91. The Labute approximate surface area is 137 Å². The van der Waals surface area contributed by atoms with Crippen LogP contribution < -0.4 is 9.80 Å². The fraction of sp³-hybridized carbons (Fsp3) is 0.316.